The van der Waals surface area contributed by atoms with Gasteiger partial charge in [-0.15, -0.1) is 11.3 Å². The summed E-state index contributed by atoms with van der Waals surface area (Å²) >= 11 is 1.30. The van der Waals surface area contributed by atoms with Crippen molar-refractivity contribution < 1.29 is 14.3 Å². The number of rotatable bonds is 6. The van der Waals surface area contributed by atoms with Crippen LogP contribution >= 0.6 is 11.3 Å². The number of benzene rings is 1. The summed E-state index contributed by atoms with van der Waals surface area (Å²) in [4.78, 5) is 24.7. The molecule has 0 radical (unpaired) electrons. The summed E-state index contributed by atoms with van der Waals surface area (Å²) in [5, 5.41) is 5.11. The average Bonchev–Trinajstić information content (AvgIpc) is 2.96. The fraction of sp³-hybridized carbons (Fsp3) is 0.200. The van der Waals surface area contributed by atoms with Crippen molar-refractivity contribution >= 4 is 28.2 Å². The van der Waals surface area contributed by atoms with Gasteiger partial charge in [-0.2, -0.15) is 0 Å². The Morgan fingerprint density at radius 3 is 2.48 bits per heavy atom. The summed E-state index contributed by atoms with van der Waals surface area (Å²) < 4.78 is 5.31. The predicted octanol–water partition coefficient (Wildman–Crippen LogP) is 5.05. The zero-order valence-electron chi connectivity index (χ0n) is 14.6. The number of ether oxygens (including phenoxy) is 1. The first-order valence-electron chi connectivity index (χ1n) is 7.82. The minimum absolute atomic E-state index is 0.143. The van der Waals surface area contributed by atoms with Gasteiger partial charge in [0, 0.05) is 17.0 Å². The van der Waals surface area contributed by atoms with E-state index in [1.807, 2.05) is 49.6 Å². The number of hydrogen-bond donors (Lipinski definition) is 1. The number of carbonyl (C=O) groups is 2. The highest BCUT2D eigenvalue weighted by Crippen LogP contribution is 2.36. The molecule has 25 heavy (non-hydrogen) atoms. The fourth-order valence-electron chi connectivity index (χ4n) is 2.15. The third kappa shape index (κ3) is 5.16. The van der Waals surface area contributed by atoms with Gasteiger partial charge in [-0.25, -0.2) is 4.79 Å². The molecular formula is C20H21NO3S. The summed E-state index contributed by atoms with van der Waals surface area (Å²) in [6.45, 7) is 9.35. The Morgan fingerprint density at radius 1 is 1.20 bits per heavy atom. The van der Waals surface area contributed by atoms with E-state index in [9.17, 15) is 9.59 Å². The Labute approximate surface area is 151 Å². The second-order valence-electron chi connectivity index (χ2n) is 5.96. The zero-order valence-corrected chi connectivity index (χ0v) is 15.4. The van der Waals surface area contributed by atoms with Crippen molar-refractivity contribution in [3.63, 3.8) is 0 Å². The van der Waals surface area contributed by atoms with E-state index in [2.05, 4.69) is 11.9 Å². The maximum Gasteiger partial charge on any atom is 0.342 e. The maximum atomic E-state index is 12.6. The molecule has 130 valence electrons. The van der Waals surface area contributed by atoms with Crippen LogP contribution in [0.1, 0.15) is 31.1 Å². The summed E-state index contributed by atoms with van der Waals surface area (Å²) in [7, 11) is 0. The van der Waals surface area contributed by atoms with Crippen molar-refractivity contribution in [3.05, 3.63) is 65.1 Å². The lowest BCUT2D eigenvalue weighted by molar-refractivity contribution is -0.111. The van der Waals surface area contributed by atoms with Crippen molar-refractivity contribution in [1.29, 1.82) is 0 Å². The molecule has 0 aliphatic heterocycles. The van der Waals surface area contributed by atoms with Gasteiger partial charge in [0.2, 0.25) is 5.91 Å². The molecule has 0 saturated carbocycles. The lowest BCUT2D eigenvalue weighted by atomic mass is 10.0. The Bertz CT molecular complexity index is 815. The van der Waals surface area contributed by atoms with Crippen LogP contribution in [0.25, 0.3) is 11.1 Å². The highest BCUT2D eigenvalue weighted by molar-refractivity contribution is 7.15. The predicted molar refractivity (Wildman–Crippen MR) is 103 cm³/mol. The van der Waals surface area contributed by atoms with E-state index in [1.54, 1.807) is 6.92 Å². The van der Waals surface area contributed by atoms with E-state index < -0.39 is 5.97 Å². The average molecular weight is 355 g/mol. The Balaban J connectivity index is 2.41. The molecule has 5 heteroatoms. The number of thiophene rings is 1. The second kappa shape index (κ2) is 8.44. The van der Waals surface area contributed by atoms with E-state index in [4.69, 9.17) is 4.74 Å². The van der Waals surface area contributed by atoms with Gasteiger partial charge in [0.1, 0.15) is 17.2 Å². The minimum atomic E-state index is -0.476. The van der Waals surface area contributed by atoms with Crippen LogP contribution in [0, 0.1) is 0 Å². The van der Waals surface area contributed by atoms with E-state index in [-0.39, 0.29) is 12.5 Å². The molecule has 0 aliphatic rings. The van der Waals surface area contributed by atoms with Crippen LogP contribution in [0.2, 0.25) is 0 Å². The Hall–Kier alpha value is -2.66. The summed E-state index contributed by atoms with van der Waals surface area (Å²) in [6, 6.07) is 9.54. The number of anilines is 1. The molecule has 2 rings (SSSR count). The van der Waals surface area contributed by atoms with E-state index in [0.29, 0.717) is 10.6 Å². The standard InChI is InChI=1S/C20H21NO3S/c1-13(2)10-17(22)21-19-18(20(23)24-11-14(3)4)16(12-25-19)15-8-6-5-7-9-15/h5-10,12H,3,11H2,1-2,4H3,(H,21,22). The summed E-state index contributed by atoms with van der Waals surface area (Å²) in [5.74, 6) is -0.744. The van der Waals surface area contributed by atoms with Gasteiger partial charge in [0.25, 0.3) is 0 Å². The third-order valence-corrected chi connectivity index (χ3v) is 4.08. The smallest absolute Gasteiger partial charge is 0.342 e. The van der Waals surface area contributed by atoms with Crippen LogP contribution < -0.4 is 5.32 Å². The van der Waals surface area contributed by atoms with Gasteiger partial charge in [-0.05, 0) is 31.9 Å². The van der Waals surface area contributed by atoms with Crippen molar-refractivity contribution in [3.8, 4) is 11.1 Å². The monoisotopic (exact) mass is 355 g/mol. The topological polar surface area (TPSA) is 55.4 Å². The molecule has 2 aromatic rings. The van der Waals surface area contributed by atoms with Crippen molar-refractivity contribution in [2.24, 2.45) is 0 Å². The van der Waals surface area contributed by atoms with Gasteiger partial charge in [0.15, 0.2) is 0 Å². The van der Waals surface area contributed by atoms with Gasteiger partial charge >= 0.3 is 5.97 Å². The molecular weight excluding hydrogens is 334 g/mol. The van der Waals surface area contributed by atoms with E-state index >= 15 is 0 Å². The molecule has 1 amide bonds. The van der Waals surface area contributed by atoms with E-state index in [0.717, 1.165) is 22.3 Å². The molecule has 1 N–H and O–H groups in total. The largest absolute Gasteiger partial charge is 0.458 e. The van der Waals surface area contributed by atoms with Gasteiger partial charge in [-0.3, -0.25) is 4.79 Å². The molecule has 0 bridgehead atoms. The number of amides is 1. The highest BCUT2D eigenvalue weighted by Gasteiger charge is 2.22. The Kier molecular flexibility index (Phi) is 6.31. The van der Waals surface area contributed by atoms with Crippen LogP contribution in [0.5, 0.6) is 0 Å². The van der Waals surface area contributed by atoms with Crippen LogP contribution in [0.15, 0.2) is 59.5 Å². The quantitative estimate of drug-likeness (QED) is 0.448. The number of allylic oxidation sites excluding steroid dienone is 1. The first-order valence-corrected chi connectivity index (χ1v) is 8.70. The molecule has 0 fully saturated rings. The summed E-state index contributed by atoms with van der Waals surface area (Å²) in [5.41, 5.74) is 3.63. The van der Waals surface area contributed by atoms with Gasteiger partial charge in [-0.1, -0.05) is 42.5 Å². The van der Waals surface area contributed by atoms with Gasteiger partial charge in [0.05, 0.1) is 0 Å². The second-order valence-corrected chi connectivity index (χ2v) is 6.84. The minimum Gasteiger partial charge on any atom is -0.458 e. The molecule has 0 unspecified atom stereocenters. The first-order chi connectivity index (χ1) is 11.9. The molecule has 0 spiro atoms. The number of nitrogens with one attached hydrogen (secondary N) is 1. The van der Waals surface area contributed by atoms with Crippen molar-refractivity contribution in [2.75, 3.05) is 11.9 Å². The van der Waals surface area contributed by atoms with E-state index in [1.165, 1.54) is 17.4 Å². The molecule has 0 atom stereocenters. The molecule has 0 aliphatic carbocycles. The number of esters is 1. The lowest BCUT2D eigenvalue weighted by Crippen LogP contribution is -2.13. The molecule has 4 nitrogen and oxygen atoms in total. The van der Waals surface area contributed by atoms with Crippen molar-refractivity contribution in [1.82, 2.24) is 0 Å². The van der Waals surface area contributed by atoms with Crippen LogP contribution in [0.3, 0.4) is 0 Å². The van der Waals surface area contributed by atoms with Crippen molar-refractivity contribution in [2.45, 2.75) is 20.8 Å². The van der Waals surface area contributed by atoms with Crippen LogP contribution in [-0.2, 0) is 9.53 Å². The lowest BCUT2D eigenvalue weighted by Gasteiger charge is -2.09. The highest BCUT2D eigenvalue weighted by atomic mass is 32.1. The Morgan fingerprint density at radius 2 is 1.88 bits per heavy atom. The molecule has 0 saturated heterocycles. The number of hydrogen-bond acceptors (Lipinski definition) is 4. The maximum absolute atomic E-state index is 12.6. The molecule has 1 aromatic carbocycles. The fourth-order valence-corrected chi connectivity index (χ4v) is 3.11. The zero-order chi connectivity index (χ0) is 18.4. The van der Waals surface area contributed by atoms with Crippen LogP contribution in [0.4, 0.5) is 5.00 Å². The SMILES string of the molecule is C=C(C)COC(=O)c1c(-c2ccccc2)csc1NC(=O)C=C(C)C. The van der Waals surface area contributed by atoms with Crippen LogP contribution in [-0.4, -0.2) is 18.5 Å². The normalized spacial score (nSPS) is 10.0. The number of carbonyl (C=O) groups excluding carboxylic acids is 2. The summed E-state index contributed by atoms with van der Waals surface area (Å²) in [6.07, 6.45) is 1.49. The van der Waals surface area contributed by atoms with Gasteiger partial charge < -0.3 is 10.1 Å². The third-order valence-electron chi connectivity index (χ3n) is 3.19. The molecule has 1 aromatic heterocycles. The molecule has 1 heterocycles. The first kappa shape index (κ1) is 18.7.